The number of hydrogen-bond donors (Lipinski definition) is 2. The van der Waals surface area contributed by atoms with E-state index in [-0.39, 0.29) is 0 Å². The van der Waals surface area contributed by atoms with E-state index in [0.717, 1.165) is 34.8 Å². The van der Waals surface area contributed by atoms with Gasteiger partial charge in [-0.25, -0.2) is 9.97 Å². The molecule has 7 rings (SSSR count). The standard InChI is InChI=1S/C32H30N4S/c1-17(2)31-33-16-26(34-31)28-15-21-10-9-20(14-27(21)37-28)19-11-12-24-25(13-19)22-7-5-6-8-23(22)29-30(24)36-32(35-29)18(3)4/h5-13,15-18,20H,14H2,1-4H3,(H,33,34)(H,35,36). The molecule has 1 unspecified atom stereocenters. The number of H-pyrrole nitrogens is 2. The van der Waals surface area contributed by atoms with Crippen molar-refractivity contribution in [1.82, 2.24) is 19.9 Å². The Balaban J connectivity index is 1.29. The fourth-order valence-corrected chi connectivity index (χ4v) is 6.73. The van der Waals surface area contributed by atoms with Crippen molar-refractivity contribution in [2.45, 2.75) is 51.9 Å². The Hall–Kier alpha value is -3.70. The summed E-state index contributed by atoms with van der Waals surface area (Å²) in [7, 11) is 0. The Morgan fingerprint density at radius 3 is 2.46 bits per heavy atom. The second-order valence-electron chi connectivity index (χ2n) is 10.8. The number of allylic oxidation sites excluding steroid dienone is 1. The number of rotatable bonds is 4. The number of nitrogens with one attached hydrogen (secondary N) is 2. The van der Waals surface area contributed by atoms with E-state index in [1.165, 1.54) is 42.4 Å². The second kappa shape index (κ2) is 8.42. The van der Waals surface area contributed by atoms with Crippen molar-refractivity contribution in [2.24, 2.45) is 0 Å². The Labute approximate surface area is 220 Å². The fraction of sp³-hybridized carbons (Fsp3) is 0.250. The minimum atomic E-state index is 0.358. The van der Waals surface area contributed by atoms with Crippen molar-refractivity contribution in [3.05, 3.63) is 88.5 Å². The van der Waals surface area contributed by atoms with Gasteiger partial charge < -0.3 is 9.97 Å². The summed E-state index contributed by atoms with van der Waals surface area (Å²) in [4.78, 5) is 19.4. The Kier molecular flexibility index (Phi) is 5.12. The van der Waals surface area contributed by atoms with Crippen LogP contribution in [0.2, 0.25) is 0 Å². The molecule has 0 saturated carbocycles. The summed E-state index contributed by atoms with van der Waals surface area (Å²) >= 11 is 1.89. The molecule has 2 N–H and O–H groups in total. The lowest BCUT2D eigenvalue weighted by molar-refractivity contribution is 0.795. The topological polar surface area (TPSA) is 57.4 Å². The van der Waals surface area contributed by atoms with Gasteiger partial charge in [0.15, 0.2) is 0 Å². The summed E-state index contributed by atoms with van der Waals surface area (Å²) in [6.07, 6.45) is 7.68. The Bertz CT molecular complexity index is 1830. The van der Waals surface area contributed by atoms with Gasteiger partial charge in [0.25, 0.3) is 0 Å². The van der Waals surface area contributed by atoms with E-state index in [4.69, 9.17) is 4.98 Å². The summed E-state index contributed by atoms with van der Waals surface area (Å²) in [6.45, 7) is 8.72. The Morgan fingerprint density at radius 1 is 0.865 bits per heavy atom. The van der Waals surface area contributed by atoms with Crippen molar-refractivity contribution in [1.29, 1.82) is 0 Å². The van der Waals surface area contributed by atoms with Crippen LogP contribution in [-0.2, 0) is 6.42 Å². The number of nitrogens with zero attached hydrogens (tertiary/aromatic N) is 2. The first-order valence-electron chi connectivity index (χ1n) is 13.2. The van der Waals surface area contributed by atoms with E-state index >= 15 is 0 Å². The number of benzene rings is 3. The van der Waals surface area contributed by atoms with Crippen molar-refractivity contribution in [3.63, 3.8) is 0 Å². The molecule has 0 radical (unpaired) electrons. The van der Waals surface area contributed by atoms with Crippen molar-refractivity contribution in [3.8, 4) is 10.6 Å². The van der Waals surface area contributed by atoms with E-state index < -0.39 is 0 Å². The third-order valence-electron chi connectivity index (χ3n) is 7.65. The summed E-state index contributed by atoms with van der Waals surface area (Å²) in [6, 6.07) is 18.0. The van der Waals surface area contributed by atoms with E-state index in [0.29, 0.717) is 17.8 Å². The van der Waals surface area contributed by atoms with E-state index in [1.54, 1.807) is 0 Å². The molecule has 0 bridgehead atoms. The number of hydrogen-bond acceptors (Lipinski definition) is 3. The molecule has 1 aliphatic rings. The van der Waals surface area contributed by atoms with E-state index in [9.17, 15) is 0 Å². The van der Waals surface area contributed by atoms with E-state index in [1.807, 2.05) is 17.5 Å². The molecule has 6 aromatic rings. The molecule has 0 saturated heterocycles. The molecule has 0 fully saturated rings. The predicted octanol–water partition coefficient (Wildman–Crippen LogP) is 8.92. The number of aromatic nitrogens is 4. The van der Waals surface area contributed by atoms with Crippen LogP contribution >= 0.6 is 11.3 Å². The lowest BCUT2D eigenvalue weighted by atomic mass is 9.87. The van der Waals surface area contributed by atoms with Gasteiger partial charge in [-0.3, -0.25) is 0 Å². The molecule has 0 aliphatic heterocycles. The van der Waals surface area contributed by atoms with Crippen LogP contribution in [0.25, 0.3) is 49.2 Å². The monoisotopic (exact) mass is 502 g/mol. The molecule has 3 aromatic heterocycles. The zero-order valence-electron chi connectivity index (χ0n) is 21.6. The number of thiophene rings is 1. The van der Waals surface area contributed by atoms with Gasteiger partial charge in [0.05, 0.1) is 27.8 Å². The highest BCUT2D eigenvalue weighted by atomic mass is 32.1. The van der Waals surface area contributed by atoms with Crippen LogP contribution in [0.5, 0.6) is 0 Å². The lowest BCUT2D eigenvalue weighted by Crippen LogP contribution is -2.03. The van der Waals surface area contributed by atoms with Gasteiger partial charge in [0, 0.05) is 33.4 Å². The van der Waals surface area contributed by atoms with Gasteiger partial charge in [-0.05, 0) is 40.5 Å². The number of fused-ring (bicyclic) bond motifs is 7. The smallest absolute Gasteiger partial charge is 0.109 e. The molecular weight excluding hydrogens is 472 g/mol. The third-order valence-corrected chi connectivity index (χ3v) is 8.85. The minimum Gasteiger partial charge on any atom is -0.341 e. The van der Waals surface area contributed by atoms with Gasteiger partial charge >= 0.3 is 0 Å². The maximum Gasteiger partial charge on any atom is 0.109 e. The zero-order chi connectivity index (χ0) is 25.3. The zero-order valence-corrected chi connectivity index (χ0v) is 22.4. The van der Waals surface area contributed by atoms with Gasteiger partial charge in [0.2, 0.25) is 0 Å². The second-order valence-corrected chi connectivity index (χ2v) is 12.0. The number of imidazole rings is 2. The summed E-state index contributed by atoms with van der Waals surface area (Å²) in [5.41, 5.74) is 6.04. The van der Waals surface area contributed by atoms with Crippen LogP contribution in [0, 0.1) is 0 Å². The summed E-state index contributed by atoms with van der Waals surface area (Å²) in [5, 5.41) is 5.03. The predicted molar refractivity (Wildman–Crippen MR) is 157 cm³/mol. The molecule has 1 aliphatic carbocycles. The van der Waals surface area contributed by atoms with Gasteiger partial charge in [0.1, 0.15) is 11.6 Å². The molecule has 0 spiro atoms. The quantitative estimate of drug-likeness (QED) is 0.236. The highest BCUT2D eigenvalue weighted by Gasteiger charge is 2.21. The van der Waals surface area contributed by atoms with E-state index in [2.05, 4.69) is 103 Å². The fourth-order valence-electron chi connectivity index (χ4n) is 5.56. The maximum atomic E-state index is 4.99. The van der Waals surface area contributed by atoms with Crippen molar-refractivity contribution >= 4 is 50.0 Å². The number of aromatic amines is 2. The van der Waals surface area contributed by atoms with Gasteiger partial charge in [-0.2, -0.15) is 0 Å². The molecule has 5 heteroatoms. The average molecular weight is 503 g/mol. The third kappa shape index (κ3) is 3.64. The Morgan fingerprint density at radius 2 is 1.68 bits per heavy atom. The lowest BCUT2D eigenvalue weighted by Gasteiger charge is -2.18. The van der Waals surface area contributed by atoms with Crippen LogP contribution < -0.4 is 0 Å². The molecule has 3 aromatic carbocycles. The minimum absolute atomic E-state index is 0.358. The highest BCUT2D eigenvalue weighted by Crippen LogP contribution is 2.41. The van der Waals surface area contributed by atoms with Crippen LogP contribution in [0.15, 0.2) is 60.8 Å². The SMILES string of the molecule is CC(C)c1ncc(-c2cc3c(s2)CC(c2ccc4c(c2)c2ccccc2c2nc(C(C)C)[nH]c42)C=C3)[nH]1. The van der Waals surface area contributed by atoms with Crippen molar-refractivity contribution < 1.29 is 0 Å². The molecular formula is C32H30N4S. The summed E-state index contributed by atoms with van der Waals surface area (Å²) in [5.74, 6) is 3.21. The highest BCUT2D eigenvalue weighted by molar-refractivity contribution is 7.15. The average Bonchev–Trinajstić information content (AvgIpc) is 3.66. The molecule has 37 heavy (non-hydrogen) atoms. The largest absolute Gasteiger partial charge is 0.341 e. The van der Waals surface area contributed by atoms with Gasteiger partial charge in [-0.15, -0.1) is 11.3 Å². The molecule has 4 nitrogen and oxygen atoms in total. The molecule has 184 valence electrons. The van der Waals surface area contributed by atoms with Crippen LogP contribution in [-0.4, -0.2) is 19.9 Å². The normalized spacial score (nSPS) is 15.6. The van der Waals surface area contributed by atoms with Gasteiger partial charge in [-0.1, -0.05) is 76.2 Å². The van der Waals surface area contributed by atoms with Crippen LogP contribution in [0.1, 0.15) is 73.1 Å². The van der Waals surface area contributed by atoms with Crippen molar-refractivity contribution in [2.75, 3.05) is 0 Å². The first kappa shape index (κ1) is 22.5. The first-order valence-corrected chi connectivity index (χ1v) is 14.0. The first-order chi connectivity index (χ1) is 18.0. The van der Waals surface area contributed by atoms with Crippen LogP contribution in [0.4, 0.5) is 0 Å². The molecule has 3 heterocycles. The molecule has 0 amide bonds. The maximum absolute atomic E-state index is 4.99. The van der Waals surface area contributed by atoms with Crippen LogP contribution in [0.3, 0.4) is 0 Å². The summed E-state index contributed by atoms with van der Waals surface area (Å²) < 4.78 is 0. The molecule has 1 atom stereocenters.